The van der Waals surface area contributed by atoms with Crippen LogP contribution in [0.2, 0.25) is 0 Å². The fraction of sp³-hybridized carbons (Fsp3) is 0.375. The number of urea groups is 1. The summed E-state index contributed by atoms with van der Waals surface area (Å²) in [6.45, 7) is 1.93. The van der Waals surface area contributed by atoms with Gasteiger partial charge >= 0.3 is 6.03 Å². The highest BCUT2D eigenvalue weighted by molar-refractivity contribution is 7.17. The minimum atomic E-state index is -0.301. The van der Waals surface area contributed by atoms with E-state index in [-0.39, 0.29) is 24.0 Å². The van der Waals surface area contributed by atoms with Gasteiger partial charge in [0.15, 0.2) is 0 Å². The van der Waals surface area contributed by atoms with Crippen molar-refractivity contribution in [1.82, 2.24) is 10.2 Å². The first-order valence-electron chi connectivity index (χ1n) is 7.26. The van der Waals surface area contributed by atoms with Crippen molar-refractivity contribution in [2.75, 3.05) is 0 Å². The summed E-state index contributed by atoms with van der Waals surface area (Å²) in [6, 6.07) is 7.33. The van der Waals surface area contributed by atoms with Gasteiger partial charge in [0.05, 0.1) is 6.04 Å². The topological polar surface area (TPSA) is 49.4 Å². The van der Waals surface area contributed by atoms with Crippen LogP contribution in [-0.2, 0) is 4.79 Å². The second-order valence-corrected chi connectivity index (χ2v) is 6.75. The second kappa shape index (κ2) is 4.56. The van der Waals surface area contributed by atoms with Crippen molar-refractivity contribution in [2.45, 2.75) is 31.8 Å². The molecule has 4 nitrogen and oxygen atoms in total. The molecule has 1 aromatic carbocycles. The molecule has 2 aromatic rings. The summed E-state index contributed by atoms with van der Waals surface area (Å²) in [4.78, 5) is 26.1. The minimum Gasteiger partial charge on any atom is -0.325 e. The van der Waals surface area contributed by atoms with Crippen molar-refractivity contribution in [2.24, 2.45) is 5.92 Å². The number of nitrogens with zero attached hydrogens (tertiary/aromatic N) is 1. The summed E-state index contributed by atoms with van der Waals surface area (Å²) in [5.41, 5.74) is 1.05. The molecule has 1 aromatic heterocycles. The maximum absolute atomic E-state index is 12.5. The number of fused-ring (bicyclic) bond motifs is 1. The molecule has 1 aliphatic carbocycles. The number of carbonyl (C=O) groups excluding carboxylic acids is 2. The molecule has 108 valence electrons. The maximum atomic E-state index is 12.5. The zero-order chi connectivity index (χ0) is 14.6. The maximum Gasteiger partial charge on any atom is 0.325 e. The fourth-order valence-corrected chi connectivity index (χ4v) is 4.14. The Morgan fingerprint density at radius 2 is 2.05 bits per heavy atom. The molecule has 4 rings (SSSR count). The van der Waals surface area contributed by atoms with Gasteiger partial charge in [0.1, 0.15) is 6.04 Å². The Morgan fingerprint density at radius 3 is 2.81 bits per heavy atom. The molecule has 2 aliphatic rings. The second-order valence-electron chi connectivity index (χ2n) is 5.84. The smallest absolute Gasteiger partial charge is 0.325 e. The summed E-state index contributed by atoms with van der Waals surface area (Å²) >= 11 is 1.65. The van der Waals surface area contributed by atoms with E-state index in [9.17, 15) is 9.59 Å². The SMILES string of the molecule is C[C@H](c1csc2ccccc12)N1C(=O)N[C@H](C2CC2)C1=O. The normalized spacial score (nSPS) is 23.7. The molecule has 2 fully saturated rings. The molecule has 1 N–H and O–H groups in total. The van der Waals surface area contributed by atoms with E-state index in [2.05, 4.69) is 22.8 Å². The molecule has 21 heavy (non-hydrogen) atoms. The Hall–Kier alpha value is -1.88. The monoisotopic (exact) mass is 300 g/mol. The molecule has 5 heteroatoms. The van der Waals surface area contributed by atoms with Gasteiger partial charge < -0.3 is 5.32 Å². The molecule has 1 saturated heterocycles. The van der Waals surface area contributed by atoms with Crippen molar-refractivity contribution in [3.8, 4) is 0 Å². The number of carbonyl (C=O) groups is 2. The number of imide groups is 1. The van der Waals surface area contributed by atoms with Gasteiger partial charge in [0, 0.05) is 4.70 Å². The lowest BCUT2D eigenvalue weighted by Gasteiger charge is -2.21. The van der Waals surface area contributed by atoms with Gasteiger partial charge in [-0.2, -0.15) is 0 Å². The van der Waals surface area contributed by atoms with Crippen molar-refractivity contribution < 1.29 is 9.59 Å². The number of amides is 3. The zero-order valence-electron chi connectivity index (χ0n) is 11.7. The van der Waals surface area contributed by atoms with Crippen LogP contribution in [0.4, 0.5) is 4.79 Å². The Balaban J connectivity index is 1.69. The number of rotatable bonds is 3. The molecular weight excluding hydrogens is 284 g/mol. The summed E-state index contributed by atoms with van der Waals surface area (Å²) < 4.78 is 1.19. The number of benzene rings is 1. The van der Waals surface area contributed by atoms with Crippen LogP contribution in [0.25, 0.3) is 10.1 Å². The summed E-state index contributed by atoms with van der Waals surface area (Å²) in [7, 11) is 0. The standard InChI is InChI=1S/C16H16N2O2S/c1-9(12-8-21-13-5-3-2-4-11(12)13)18-15(19)14(10-6-7-10)17-16(18)20/h2-5,8-10,14H,6-7H2,1H3,(H,17,20)/t9-,14-/m1/s1. The van der Waals surface area contributed by atoms with Crippen molar-refractivity contribution >= 4 is 33.4 Å². The van der Waals surface area contributed by atoms with Crippen LogP contribution in [0, 0.1) is 5.92 Å². The lowest BCUT2D eigenvalue weighted by Crippen LogP contribution is -2.34. The fourth-order valence-electron chi connectivity index (χ4n) is 3.09. The molecular formula is C16H16N2O2S. The molecule has 1 aliphatic heterocycles. The predicted molar refractivity (Wildman–Crippen MR) is 82.1 cm³/mol. The van der Waals surface area contributed by atoms with Gasteiger partial charge in [-0.05, 0) is 48.1 Å². The van der Waals surface area contributed by atoms with E-state index in [4.69, 9.17) is 0 Å². The molecule has 0 radical (unpaired) electrons. The largest absolute Gasteiger partial charge is 0.325 e. The van der Waals surface area contributed by atoms with Crippen molar-refractivity contribution in [3.05, 3.63) is 35.2 Å². The van der Waals surface area contributed by atoms with Crippen LogP contribution in [-0.4, -0.2) is 22.9 Å². The molecule has 3 amide bonds. The lowest BCUT2D eigenvalue weighted by atomic mass is 10.1. The van der Waals surface area contributed by atoms with Crippen LogP contribution in [0.15, 0.2) is 29.6 Å². The third-order valence-electron chi connectivity index (χ3n) is 4.44. The zero-order valence-corrected chi connectivity index (χ0v) is 12.5. The minimum absolute atomic E-state index is 0.0646. The van der Waals surface area contributed by atoms with Crippen LogP contribution in [0.5, 0.6) is 0 Å². The Kier molecular flexibility index (Phi) is 2.79. The van der Waals surface area contributed by atoms with Gasteiger partial charge in [-0.15, -0.1) is 11.3 Å². The summed E-state index contributed by atoms with van der Waals surface area (Å²) in [5, 5.41) is 6.03. The first-order valence-corrected chi connectivity index (χ1v) is 8.14. The highest BCUT2D eigenvalue weighted by Gasteiger charge is 2.48. The van der Waals surface area contributed by atoms with Gasteiger partial charge in [-0.25, -0.2) is 4.79 Å². The number of nitrogens with one attached hydrogen (secondary N) is 1. The van der Waals surface area contributed by atoms with Gasteiger partial charge in [0.2, 0.25) is 0 Å². The average Bonchev–Trinajstić information content (AvgIpc) is 3.15. The van der Waals surface area contributed by atoms with Gasteiger partial charge in [0.25, 0.3) is 5.91 Å². The highest BCUT2D eigenvalue weighted by atomic mass is 32.1. The van der Waals surface area contributed by atoms with Crippen LogP contribution in [0.3, 0.4) is 0 Å². The Morgan fingerprint density at radius 1 is 1.29 bits per heavy atom. The van der Waals surface area contributed by atoms with E-state index in [1.807, 2.05) is 19.1 Å². The third-order valence-corrected chi connectivity index (χ3v) is 5.42. The predicted octanol–water partition coefficient (Wildman–Crippen LogP) is 3.29. The molecule has 2 atom stereocenters. The number of hydrogen-bond acceptors (Lipinski definition) is 3. The van der Waals surface area contributed by atoms with E-state index >= 15 is 0 Å². The lowest BCUT2D eigenvalue weighted by molar-refractivity contribution is -0.129. The molecule has 2 heterocycles. The highest BCUT2D eigenvalue weighted by Crippen LogP contribution is 2.39. The van der Waals surface area contributed by atoms with E-state index in [0.29, 0.717) is 5.92 Å². The van der Waals surface area contributed by atoms with Crippen molar-refractivity contribution in [1.29, 1.82) is 0 Å². The van der Waals surface area contributed by atoms with E-state index in [0.717, 1.165) is 23.8 Å². The van der Waals surface area contributed by atoms with Crippen LogP contribution >= 0.6 is 11.3 Å². The molecule has 0 bridgehead atoms. The van der Waals surface area contributed by atoms with E-state index < -0.39 is 0 Å². The van der Waals surface area contributed by atoms with E-state index in [1.54, 1.807) is 11.3 Å². The van der Waals surface area contributed by atoms with E-state index in [1.165, 1.54) is 9.60 Å². The van der Waals surface area contributed by atoms with Crippen LogP contribution < -0.4 is 5.32 Å². The average molecular weight is 300 g/mol. The molecule has 0 unspecified atom stereocenters. The van der Waals surface area contributed by atoms with Crippen molar-refractivity contribution in [3.63, 3.8) is 0 Å². The van der Waals surface area contributed by atoms with Crippen LogP contribution in [0.1, 0.15) is 31.4 Å². The molecule has 1 saturated carbocycles. The number of hydrogen-bond donors (Lipinski definition) is 1. The Bertz CT molecular complexity index is 735. The quantitative estimate of drug-likeness (QED) is 0.884. The number of thiophene rings is 1. The van der Waals surface area contributed by atoms with Gasteiger partial charge in [-0.3, -0.25) is 9.69 Å². The first kappa shape index (κ1) is 12.8. The van der Waals surface area contributed by atoms with Gasteiger partial charge in [-0.1, -0.05) is 18.2 Å². The third kappa shape index (κ3) is 1.95. The molecule has 0 spiro atoms. The summed E-state index contributed by atoms with van der Waals surface area (Å²) in [5.74, 6) is 0.281. The summed E-state index contributed by atoms with van der Waals surface area (Å²) in [6.07, 6.45) is 2.08. The first-order chi connectivity index (χ1) is 10.2. The Labute approximate surface area is 126 Å².